The van der Waals surface area contributed by atoms with Crippen LogP contribution in [0.1, 0.15) is 256 Å². The molecule has 0 radical (unpaired) electrons. The minimum absolute atomic E-state index is 0. The van der Waals surface area contributed by atoms with E-state index in [0.717, 1.165) is 75.6 Å². The van der Waals surface area contributed by atoms with Crippen molar-refractivity contribution in [1.29, 1.82) is 0 Å². The van der Waals surface area contributed by atoms with Gasteiger partial charge in [-0.2, -0.15) is 0 Å². The first-order valence-corrected chi connectivity index (χ1v) is 27.3. The van der Waals surface area contributed by atoms with Crippen LogP contribution >= 0.6 is 0 Å². The number of aliphatic imine (C=N–C) groups is 2. The van der Waals surface area contributed by atoms with Gasteiger partial charge in [-0.05, 0) is 86.5 Å². The van der Waals surface area contributed by atoms with Gasteiger partial charge in [0, 0.05) is 29.3 Å². The van der Waals surface area contributed by atoms with Crippen LogP contribution in [0.4, 0.5) is 11.4 Å². The maximum Gasteiger partial charge on any atom is 0.148 e. The van der Waals surface area contributed by atoms with Crippen LogP contribution in [0.5, 0.6) is 0 Å². The van der Waals surface area contributed by atoms with Crippen molar-refractivity contribution in [2.45, 2.75) is 258 Å². The summed E-state index contributed by atoms with van der Waals surface area (Å²) in [5.41, 5.74) is 5.81. The molecule has 0 unspecified atom stereocenters. The molecule has 2 rings (SSSR count). The van der Waals surface area contributed by atoms with Crippen molar-refractivity contribution in [3.05, 3.63) is 85.0 Å². The molecule has 0 aliphatic carbocycles. The zero-order valence-corrected chi connectivity index (χ0v) is 43.3. The van der Waals surface area contributed by atoms with Crippen LogP contribution in [0.15, 0.2) is 83.8 Å². The second-order valence-electron chi connectivity index (χ2n) is 18.5. The van der Waals surface area contributed by atoms with Gasteiger partial charge in [-0.15, -0.1) is 13.2 Å². The smallest absolute Gasteiger partial charge is 0.148 e. The number of aryl methyl sites for hydroxylation is 2. The fraction of sp³-hybridized carbons (Fsp3) is 0.645. The van der Waals surface area contributed by atoms with E-state index >= 15 is 0 Å². The molecule has 2 aromatic carbocycles. The van der Waals surface area contributed by atoms with Crippen LogP contribution in [-0.2, 0) is 29.3 Å². The summed E-state index contributed by atoms with van der Waals surface area (Å²) >= 11 is 0. The normalized spacial score (nSPS) is 11.4. The Balaban J connectivity index is 0.0000211. The number of para-hydroxylation sites is 2. The Labute approximate surface area is 413 Å². The fourth-order valence-electron chi connectivity index (χ4n) is 8.52. The van der Waals surface area contributed by atoms with Gasteiger partial charge < -0.3 is 0 Å². The number of unbranched alkanes of at least 4 members (excludes halogenated alkanes) is 32. The van der Waals surface area contributed by atoms with Gasteiger partial charge in [-0.1, -0.05) is 254 Å². The van der Waals surface area contributed by atoms with E-state index < -0.39 is 0 Å². The molecule has 0 aliphatic heterocycles. The molecule has 0 fully saturated rings. The quantitative estimate of drug-likeness (QED) is 0.0209. The van der Waals surface area contributed by atoms with Crippen LogP contribution in [0, 0.1) is 23.7 Å². The molecule has 0 saturated heterocycles. The summed E-state index contributed by atoms with van der Waals surface area (Å²) in [6.07, 6.45) is 52.8. The molecule has 0 spiro atoms. The van der Waals surface area contributed by atoms with Crippen molar-refractivity contribution in [3.63, 3.8) is 0 Å². The molecule has 364 valence electrons. The predicted molar refractivity (Wildman–Crippen MR) is 288 cm³/mol. The molecule has 65 heavy (non-hydrogen) atoms. The van der Waals surface area contributed by atoms with Crippen molar-refractivity contribution in [1.82, 2.24) is 0 Å². The predicted octanol–water partition coefficient (Wildman–Crippen LogP) is 20.1. The van der Waals surface area contributed by atoms with E-state index in [1.165, 1.54) is 191 Å². The average Bonchev–Trinajstić information content (AvgIpc) is 3.31. The number of benzene rings is 2. The third-order valence-electron chi connectivity index (χ3n) is 12.6. The van der Waals surface area contributed by atoms with Crippen LogP contribution in [0.3, 0.4) is 0 Å². The molecular weight excluding hydrogens is 831 g/mol. The molecule has 2 nitrogen and oxygen atoms in total. The van der Waals surface area contributed by atoms with E-state index in [2.05, 4.69) is 99.2 Å². The SMILES string of the molecule is C=CCCCc1ccccc1N=C(C#CCCCCCCCCCCCCC)C(C#CCCCCCCCCCCCCCCCCCCCCC)=Nc1ccccc1CCCC=C.[Ni]. The van der Waals surface area contributed by atoms with E-state index in [4.69, 9.17) is 9.98 Å². The first-order chi connectivity index (χ1) is 31.7. The maximum atomic E-state index is 5.31. The van der Waals surface area contributed by atoms with Gasteiger partial charge in [0.25, 0.3) is 0 Å². The fourth-order valence-corrected chi connectivity index (χ4v) is 8.52. The van der Waals surface area contributed by atoms with Crippen LogP contribution < -0.4 is 0 Å². The third-order valence-corrected chi connectivity index (χ3v) is 12.6. The zero-order valence-electron chi connectivity index (χ0n) is 42.3. The van der Waals surface area contributed by atoms with Gasteiger partial charge in [0.2, 0.25) is 0 Å². The summed E-state index contributed by atoms with van der Waals surface area (Å²) in [6.45, 7) is 12.5. The molecule has 3 heteroatoms. The summed E-state index contributed by atoms with van der Waals surface area (Å²) in [4.78, 5) is 10.6. The van der Waals surface area contributed by atoms with Crippen molar-refractivity contribution in [2.24, 2.45) is 9.98 Å². The Kier molecular flexibility index (Phi) is 42.4. The summed E-state index contributed by atoms with van der Waals surface area (Å²) < 4.78 is 0. The van der Waals surface area contributed by atoms with E-state index in [-0.39, 0.29) is 16.5 Å². The van der Waals surface area contributed by atoms with Gasteiger partial charge >= 0.3 is 0 Å². The average molecular weight is 928 g/mol. The van der Waals surface area contributed by atoms with Gasteiger partial charge in [0.15, 0.2) is 0 Å². The molecule has 0 saturated carbocycles. The van der Waals surface area contributed by atoms with Gasteiger partial charge in [-0.25, -0.2) is 9.98 Å². The van der Waals surface area contributed by atoms with E-state index in [1.54, 1.807) is 0 Å². The Bertz CT molecular complexity index is 1630. The van der Waals surface area contributed by atoms with Crippen LogP contribution in [0.25, 0.3) is 0 Å². The van der Waals surface area contributed by atoms with Gasteiger partial charge in [-0.3, -0.25) is 0 Å². The van der Waals surface area contributed by atoms with E-state index in [0.29, 0.717) is 11.4 Å². The minimum atomic E-state index is 0. The Hall–Kier alpha value is -3.13. The van der Waals surface area contributed by atoms with Crippen molar-refractivity contribution >= 4 is 22.8 Å². The molecule has 0 atom stereocenters. The number of allylic oxidation sites excluding steroid dienone is 2. The summed E-state index contributed by atoms with van der Waals surface area (Å²) in [6, 6.07) is 17.1. The molecule has 0 aliphatic rings. The molecule has 0 bridgehead atoms. The van der Waals surface area contributed by atoms with Crippen molar-refractivity contribution < 1.29 is 16.5 Å². The molecule has 0 N–H and O–H groups in total. The zero-order chi connectivity index (χ0) is 45.6. The maximum absolute atomic E-state index is 5.31. The standard InChI is InChI=1S/C62H96N2.Ni/c1-5-9-13-15-17-19-21-23-24-25-26-27-28-29-30-32-34-36-38-40-44-56-62(64-60-54-48-46-52-58(60)50-42-12-8-4)61(63-59-53-47-45-51-57(59)49-41-11-7-3)55-43-39-37-35-33-31-22-20-18-16-14-10-6-2;/h7-8,45-48,51-54H,3-6,9-42,49-50H2,1-2H3;. The molecule has 0 amide bonds. The first-order valence-electron chi connectivity index (χ1n) is 27.3. The number of hydrogen-bond donors (Lipinski definition) is 0. The summed E-state index contributed by atoms with van der Waals surface area (Å²) in [5.74, 6) is 14.2. The largest absolute Gasteiger partial charge is 0.237 e. The molecule has 0 heterocycles. The third kappa shape index (κ3) is 33.9. The molecular formula is C62H96N2Ni. The molecule has 2 aromatic rings. The number of hydrogen-bond acceptors (Lipinski definition) is 2. The number of rotatable bonds is 41. The summed E-state index contributed by atoms with van der Waals surface area (Å²) in [7, 11) is 0. The van der Waals surface area contributed by atoms with Crippen LogP contribution in [-0.4, -0.2) is 11.4 Å². The Morgan fingerprint density at radius 1 is 0.400 bits per heavy atom. The Morgan fingerprint density at radius 3 is 0.969 bits per heavy atom. The molecule has 0 aromatic heterocycles. The first kappa shape index (κ1) is 59.9. The van der Waals surface area contributed by atoms with Crippen LogP contribution in [0.2, 0.25) is 0 Å². The monoisotopic (exact) mass is 927 g/mol. The number of nitrogens with zero attached hydrogens (tertiary/aromatic N) is 2. The van der Waals surface area contributed by atoms with E-state index in [1.807, 2.05) is 12.2 Å². The second-order valence-corrected chi connectivity index (χ2v) is 18.5. The topological polar surface area (TPSA) is 24.7 Å². The van der Waals surface area contributed by atoms with Gasteiger partial charge in [0.05, 0.1) is 11.4 Å². The summed E-state index contributed by atoms with van der Waals surface area (Å²) in [5, 5.41) is 0. The Morgan fingerprint density at radius 2 is 0.677 bits per heavy atom. The van der Waals surface area contributed by atoms with Gasteiger partial charge in [0.1, 0.15) is 11.4 Å². The van der Waals surface area contributed by atoms with Crippen molar-refractivity contribution in [2.75, 3.05) is 0 Å². The van der Waals surface area contributed by atoms with E-state index in [9.17, 15) is 0 Å². The van der Waals surface area contributed by atoms with Crippen molar-refractivity contribution in [3.8, 4) is 23.7 Å². The second kappa shape index (κ2) is 46.0. The minimum Gasteiger partial charge on any atom is -0.237 e.